The molecule has 3 unspecified atom stereocenters. The van der Waals surface area contributed by atoms with Gasteiger partial charge < -0.3 is 10.2 Å². The summed E-state index contributed by atoms with van der Waals surface area (Å²) in [5.74, 6) is 2.71. The van der Waals surface area contributed by atoms with Gasteiger partial charge in [0.05, 0.1) is 0 Å². The first-order chi connectivity index (χ1) is 8.54. The van der Waals surface area contributed by atoms with Gasteiger partial charge in [-0.15, -0.1) is 0 Å². The Bertz CT molecular complexity index is 399. The predicted octanol–water partition coefficient (Wildman–Crippen LogP) is 3.02. The second kappa shape index (κ2) is 5.45. The summed E-state index contributed by atoms with van der Waals surface area (Å²) < 4.78 is 5.65. The van der Waals surface area contributed by atoms with Gasteiger partial charge in [0.15, 0.2) is 0 Å². The normalized spacial score (nSPS) is 25.9. The third-order valence-corrected chi connectivity index (χ3v) is 4.59. The Balaban J connectivity index is 2.13. The summed E-state index contributed by atoms with van der Waals surface area (Å²) in [6, 6.07) is 3.20. The molecule has 1 aliphatic rings. The van der Waals surface area contributed by atoms with Crippen LogP contribution in [0.15, 0.2) is 10.5 Å². The Morgan fingerprint density at radius 2 is 2.17 bits per heavy atom. The zero-order valence-corrected chi connectivity index (χ0v) is 12.1. The molecule has 102 valence electrons. The summed E-state index contributed by atoms with van der Waals surface area (Å²) >= 11 is 0. The van der Waals surface area contributed by atoms with Gasteiger partial charge in [-0.2, -0.15) is 0 Å². The van der Waals surface area contributed by atoms with Gasteiger partial charge in [0.1, 0.15) is 11.5 Å². The van der Waals surface area contributed by atoms with Crippen molar-refractivity contribution in [1.29, 1.82) is 0 Å². The molecule has 0 saturated heterocycles. The molecule has 1 fully saturated rings. The van der Waals surface area contributed by atoms with E-state index < -0.39 is 0 Å². The molecule has 0 aliphatic heterocycles. The second-order valence-electron chi connectivity index (χ2n) is 5.70. The van der Waals surface area contributed by atoms with Gasteiger partial charge in [-0.05, 0) is 59.2 Å². The second-order valence-corrected chi connectivity index (χ2v) is 5.70. The van der Waals surface area contributed by atoms with Crippen LogP contribution in [0.1, 0.15) is 49.3 Å². The van der Waals surface area contributed by atoms with Crippen molar-refractivity contribution >= 4 is 0 Å². The average Bonchev–Trinajstić information content (AvgIpc) is 2.93. The quantitative estimate of drug-likeness (QED) is 0.893. The van der Waals surface area contributed by atoms with E-state index in [-0.39, 0.29) is 0 Å². The third kappa shape index (κ3) is 2.47. The first-order valence-electron chi connectivity index (χ1n) is 7.03. The van der Waals surface area contributed by atoms with Crippen LogP contribution in [0.4, 0.5) is 0 Å². The van der Waals surface area contributed by atoms with Crippen LogP contribution in [0.5, 0.6) is 0 Å². The van der Waals surface area contributed by atoms with Gasteiger partial charge in [0.2, 0.25) is 0 Å². The smallest absolute Gasteiger partial charge is 0.105 e. The third-order valence-electron chi connectivity index (χ3n) is 4.59. The molecule has 2 rings (SSSR count). The zero-order chi connectivity index (χ0) is 13.3. The van der Waals surface area contributed by atoms with Crippen molar-refractivity contribution in [3.05, 3.63) is 23.2 Å². The molecule has 18 heavy (non-hydrogen) atoms. The lowest BCUT2D eigenvalue weighted by Gasteiger charge is -2.34. The van der Waals surface area contributed by atoms with Crippen molar-refractivity contribution in [2.75, 3.05) is 13.6 Å². The Labute approximate surface area is 110 Å². The van der Waals surface area contributed by atoms with Crippen molar-refractivity contribution in [2.45, 2.75) is 52.1 Å². The molecule has 3 heteroatoms. The number of nitrogens with two attached hydrogens (primary N) is 1. The maximum absolute atomic E-state index is 5.89. The Kier molecular flexibility index (Phi) is 4.13. The molecule has 1 aliphatic carbocycles. The van der Waals surface area contributed by atoms with Crippen LogP contribution in [-0.2, 0) is 0 Å². The maximum Gasteiger partial charge on any atom is 0.105 e. The zero-order valence-electron chi connectivity index (χ0n) is 12.1. The molecule has 1 heterocycles. The maximum atomic E-state index is 5.89. The molecule has 0 aromatic carbocycles. The van der Waals surface area contributed by atoms with Gasteiger partial charge >= 0.3 is 0 Å². The molecular formula is C15H26N2O. The standard InChI is InChI=1S/C15H26N2O/c1-10-8-14(12(3)18-10)11(2)17(4)15-7-5-6-13(15)9-16/h8,11,13,15H,5-7,9,16H2,1-4H3. The van der Waals surface area contributed by atoms with Crippen LogP contribution in [0.3, 0.4) is 0 Å². The van der Waals surface area contributed by atoms with Gasteiger partial charge in [-0.3, -0.25) is 4.90 Å². The number of furan rings is 1. The molecule has 0 spiro atoms. The van der Waals surface area contributed by atoms with E-state index >= 15 is 0 Å². The highest BCUT2D eigenvalue weighted by molar-refractivity contribution is 5.23. The number of rotatable bonds is 4. The number of hydrogen-bond acceptors (Lipinski definition) is 3. The fourth-order valence-corrected chi connectivity index (χ4v) is 3.40. The highest BCUT2D eigenvalue weighted by Gasteiger charge is 2.32. The number of aryl methyl sites for hydroxylation is 2. The van der Waals surface area contributed by atoms with Crippen molar-refractivity contribution in [3.63, 3.8) is 0 Å². The van der Waals surface area contributed by atoms with Crippen molar-refractivity contribution < 1.29 is 4.42 Å². The van der Waals surface area contributed by atoms with Crippen LogP contribution in [0.25, 0.3) is 0 Å². The lowest BCUT2D eigenvalue weighted by Crippen LogP contribution is -2.39. The Morgan fingerprint density at radius 1 is 1.44 bits per heavy atom. The van der Waals surface area contributed by atoms with E-state index in [0.29, 0.717) is 18.0 Å². The van der Waals surface area contributed by atoms with E-state index in [9.17, 15) is 0 Å². The molecule has 0 radical (unpaired) electrons. The fourth-order valence-electron chi connectivity index (χ4n) is 3.40. The van der Waals surface area contributed by atoms with E-state index in [0.717, 1.165) is 18.1 Å². The van der Waals surface area contributed by atoms with E-state index in [2.05, 4.69) is 31.9 Å². The van der Waals surface area contributed by atoms with Crippen molar-refractivity contribution in [2.24, 2.45) is 11.7 Å². The van der Waals surface area contributed by atoms with E-state index in [4.69, 9.17) is 10.2 Å². The highest BCUT2D eigenvalue weighted by atomic mass is 16.3. The summed E-state index contributed by atoms with van der Waals surface area (Å²) in [7, 11) is 2.23. The molecule has 1 aromatic rings. The van der Waals surface area contributed by atoms with E-state index in [1.807, 2.05) is 6.92 Å². The van der Waals surface area contributed by atoms with Gasteiger partial charge in [0.25, 0.3) is 0 Å². The Hall–Kier alpha value is -0.800. The van der Waals surface area contributed by atoms with Gasteiger partial charge in [0, 0.05) is 17.6 Å². The van der Waals surface area contributed by atoms with Crippen LogP contribution >= 0.6 is 0 Å². The molecule has 3 atom stereocenters. The van der Waals surface area contributed by atoms with Crippen molar-refractivity contribution in [1.82, 2.24) is 4.90 Å². The first kappa shape index (κ1) is 13.6. The molecule has 0 amide bonds. The molecule has 3 nitrogen and oxygen atoms in total. The highest BCUT2D eigenvalue weighted by Crippen LogP contribution is 2.34. The molecule has 2 N–H and O–H groups in total. The monoisotopic (exact) mass is 250 g/mol. The van der Waals surface area contributed by atoms with E-state index in [1.54, 1.807) is 0 Å². The minimum atomic E-state index is 0.402. The molecule has 1 aromatic heterocycles. The first-order valence-corrected chi connectivity index (χ1v) is 7.03. The van der Waals surface area contributed by atoms with Gasteiger partial charge in [-0.1, -0.05) is 6.42 Å². The average molecular weight is 250 g/mol. The van der Waals surface area contributed by atoms with Crippen LogP contribution in [0, 0.1) is 19.8 Å². The predicted molar refractivity (Wildman–Crippen MR) is 74.5 cm³/mol. The minimum absolute atomic E-state index is 0.402. The van der Waals surface area contributed by atoms with E-state index in [1.165, 1.54) is 24.8 Å². The molecule has 0 bridgehead atoms. The number of nitrogens with zero attached hydrogens (tertiary/aromatic N) is 1. The topological polar surface area (TPSA) is 42.4 Å². The van der Waals surface area contributed by atoms with Crippen LogP contribution in [0.2, 0.25) is 0 Å². The minimum Gasteiger partial charge on any atom is -0.466 e. The summed E-state index contributed by atoms with van der Waals surface area (Å²) in [5, 5.41) is 0. The lowest BCUT2D eigenvalue weighted by molar-refractivity contribution is 0.151. The van der Waals surface area contributed by atoms with Gasteiger partial charge in [-0.25, -0.2) is 0 Å². The molecule has 1 saturated carbocycles. The van der Waals surface area contributed by atoms with Crippen LogP contribution in [-0.4, -0.2) is 24.5 Å². The summed E-state index contributed by atoms with van der Waals surface area (Å²) in [6.07, 6.45) is 3.87. The van der Waals surface area contributed by atoms with Crippen molar-refractivity contribution in [3.8, 4) is 0 Å². The Morgan fingerprint density at radius 3 is 2.72 bits per heavy atom. The lowest BCUT2D eigenvalue weighted by atomic mass is 9.99. The SMILES string of the molecule is Cc1cc(C(C)N(C)C2CCCC2CN)c(C)o1. The van der Waals surface area contributed by atoms with Crippen LogP contribution < -0.4 is 5.73 Å². The fraction of sp³-hybridized carbons (Fsp3) is 0.733. The summed E-state index contributed by atoms with van der Waals surface area (Å²) in [5.41, 5.74) is 7.21. The molecular weight excluding hydrogens is 224 g/mol. The number of hydrogen-bond donors (Lipinski definition) is 1. The largest absolute Gasteiger partial charge is 0.466 e. The summed E-state index contributed by atoms with van der Waals surface area (Å²) in [4.78, 5) is 2.49. The summed E-state index contributed by atoms with van der Waals surface area (Å²) in [6.45, 7) is 7.15.